The zero-order chi connectivity index (χ0) is 8.91. The number of allylic oxidation sites excluding steroid dienone is 2. The molecule has 0 unspecified atom stereocenters. The van der Waals surface area contributed by atoms with E-state index in [9.17, 15) is 4.79 Å². The van der Waals surface area contributed by atoms with E-state index in [1.54, 1.807) is 13.0 Å². The lowest BCUT2D eigenvalue weighted by atomic mass is 9.90. The van der Waals surface area contributed by atoms with E-state index in [1.165, 1.54) is 0 Å². The SMILES string of the molecule is CC(=O)/C=C/CCC(C)(C)C. The molecule has 0 aromatic heterocycles. The van der Waals surface area contributed by atoms with Gasteiger partial charge in [0.2, 0.25) is 0 Å². The van der Waals surface area contributed by atoms with E-state index in [-0.39, 0.29) is 5.78 Å². The van der Waals surface area contributed by atoms with Gasteiger partial charge in [0.15, 0.2) is 5.78 Å². The summed E-state index contributed by atoms with van der Waals surface area (Å²) in [6.07, 6.45) is 5.74. The molecule has 0 amide bonds. The minimum atomic E-state index is 0.138. The van der Waals surface area contributed by atoms with Crippen LogP contribution in [0.4, 0.5) is 0 Å². The second-order valence-electron chi connectivity index (χ2n) is 4.11. The first-order chi connectivity index (χ1) is 4.92. The Labute approximate surface area is 69.5 Å². The fourth-order valence-corrected chi connectivity index (χ4v) is 0.766. The van der Waals surface area contributed by atoms with Gasteiger partial charge in [-0.25, -0.2) is 0 Å². The molecule has 0 aliphatic rings. The molecule has 0 atom stereocenters. The molecule has 0 fully saturated rings. The highest BCUT2D eigenvalue weighted by Crippen LogP contribution is 2.20. The van der Waals surface area contributed by atoms with Gasteiger partial charge in [0.25, 0.3) is 0 Å². The topological polar surface area (TPSA) is 17.1 Å². The van der Waals surface area contributed by atoms with Crippen LogP contribution < -0.4 is 0 Å². The van der Waals surface area contributed by atoms with E-state index in [1.807, 2.05) is 6.08 Å². The number of hydrogen-bond donors (Lipinski definition) is 0. The van der Waals surface area contributed by atoms with Gasteiger partial charge >= 0.3 is 0 Å². The number of rotatable bonds is 3. The molecule has 0 rings (SSSR count). The van der Waals surface area contributed by atoms with Crippen LogP contribution in [0.1, 0.15) is 40.5 Å². The molecule has 0 spiro atoms. The Hall–Kier alpha value is -0.590. The van der Waals surface area contributed by atoms with Gasteiger partial charge in [-0.2, -0.15) is 0 Å². The quantitative estimate of drug-likeness (QED) is 0.571. The fraction of sp³-hybridized carbons (Fsp3) is 0.700. The van der Waals surface area contributed by atoms with Crippen LogP contribution in [0.25, 0.3) is 0 Å². The molecule has 0 saturated carbocycles. The maximum absolute atomic E-state index is 10.5. The first kappa shape index (κ1) is 10.4. The number of carbonyl (C=O) groups excluding carboxylic acids is 1. The monoisotopic (exact) mass is 154 g/mol. The zero-order valence-electron chi connectivity index (χ0n) is 7.98. The molecule has 64 valence electrons. The predicted octanol–water partition coefficient (Wildman–Crippen LogP) is 2.96. The Kier molecular flexibility index (Phi) is 4.09. The average molecular weight is 154 g/mol. The highest BCUT2D eigenvalue weighted by Gasteiger charge is 2.07. The van der Waals surface area contributed by atoms with Crippen molar-refractivity contribution < 1.29 is 4.79 Å². The van der Waals surface area contributed by atoms with Crippen molar-refractivity contribution >= 4 is 5.78 Å². The second kappa shape index (κ2) is 4.32. The van der Waals surface area contributed by atoms with Gasteiger partial charge in [-0.3, -0.25) is 4.79 Å². The van der Waals surface area contributed by atoms with Crippen molar-refractivity contribution in [2.24, 2.45) is 5.41 Å². The molecule has 0 aromatic rings. The molecule has 11 heavy (non-hydrogen) atoms. The van der Waals surface area contributed by atoms with E-state index < -0.39 is 0 Å². The van der Waals surface area contributed by atoms with Crippen LogP contribution in [0, 0.1) is 5.41 Å². The molecular weight excluding hydrogens is 136 g/mol. The second-order valence-corrected chi connectivity index (χ2v) is 4.11. The van der Waals surface area contributed by atoms with Crippen LogP contribution in [0.2, 0.25) is 0 Å². The number of hydrogen-bond acceptors (Lipinski definition) is 1. The smallest absolute Gasteiger partial charge is 0.152 e. The Bertz CT molecular complexity index is 149. The van der Waals surface area contributed by atoms with Crippen LogP contribution in [0.3, 0.4) is 0 Å². The lowest BCUT2D eigenvalue weighted by molar-refractivity contribution is -0.112. The molecule has 0 aliphatic carbocycles. The van der Waals surface area contributed by atoms with Gasteiger partial charge in [-0.05, 0) is 31.3 Å². The van der Waals surface area contributed by atoms with Crippen molar-refractivity contribution in [2.75, 3.05) is 0 Å². The minimum absolute atomic E-state index is 0.138. The Morgan fingerprint density at radius 2 is 1.91 bits per heavy atom. The third-order valence-corrected chi connectivity index (χ3v) is 1.41. The van der Waals surface area contributed by atoms with Crippen LogP contribution in [0.15, 0.2) is 12.2 Å². The number of ketones is 1. The molecule has 0 bridgehead atoms. The highest BCUT2D eigenvalue weighted by atomic mass is 16.1. The third kappa shape index (κ3) is 9.41. The molecule has 0 aromatic carbocycles. The standard InChI is InChI=1S/C10H18O/c1-9(11)7-5-6-8-10(2,3)4/h5,7H,6,8H2,1-4H3/b7-5+. The Morgan fingerprint density at radius 3 is 2.27 bits per heavy atom. The van der Waals surface area contributed by atoms with Crippen molar-refractivity contribution in [2.45, 2.75) is 40.5 Å². The Morgan fingerprint density at radius 1 is 1.36 bits per heavy atom. The molecule has 0 aliphatic heterocycles. The summed E-state index contributed by atoms with van der Waals surface area (Å²) in [7, 11) is 0. The fourth-order valence-electron chi connectivity index (χ4n) is 0.766. The molecule has 0 heterocycles. The van der Waals surface area contributed by atoms with Crippen LogP contribution in [-0.2, 0) is 4.79 Å². The molecule has 1 heteroatoms. The van der Waals surface area contributed by atoms with Crippen molar-refractivity contribution in [1.29, 1.82) is 0 Å². The van der Waals surface area contributed by atoms with Crippen LogP contribution in [-0.4, -0.2) is 5.78 Å². The summed E-state index contributed by atoms with van der Waals surface area (Å²) in [6.45, 7) is 8.19. The van der Waals surface area contributed by atoms with Gasteiger partial charge in [0.1, 0.15) is 0 Å². The van der Waals surface area contributed by atoms with Crippen molar-refractivity contribution in [1.82, 2.24) is 0 Å². The van der Waals surface area contributed by atoms with E-state index in [4.69, 9.17) is 0 Å². The van der Waals surface area contributed by atoms with Crippen LogP contribution >= 0.6 is 0 Å². The van der Waals surface area contributed by atoms with Gasteiger partial charge in [-0.1, -0.05) is 26.8 Å². The van der Waals surface area contributed by atoms with Crippen molar-refractivity contribution in [3.8, 4) is 0 Å². The minimum Gasteiger partial charge on any atom is -0.295 e. The van der Waals surface area contributed by atoms with Gasteiger partial charge < -0.3 is 0 Å². The maximum Gasteiger partial charge on any atom is 0.152 e. The van der Waals surface area contributed by atoms with E-state index in [0.717, 1.165) is 12.8 Å². The lowest BCUT2D eigenvalue weighted by Gasteiger charge is -2.15. The average Bonchev–Trinajstić information content (AvgIpc) is 1.78. The predicted molar refractivity (Wildman–Crippen MR) is 48.5 cm³/mol. The van der Waals surface area contributed by atoms with Gasteiger partial charge in [0, 0.05) is 0 Å². The largest absolute Gasteiger partial charge is 0.295 e. The summed E-state index contributed by atoms with van der Waals surface area (Å²) in [6, 6.07) is 0. The molecule has 0 radical (unpaired) electrons. The van der Waals surface area contributed by atoms with Gasteiger partial charge in [0.05, 0.1) is 0 Å². The van der Waals surface area contributed by atoms with Crippen molar-refractivity contribution in [3.05, 3.63) is 12.2 Å². The summed E-state index contributed by atoms with van der Waals surface area (Å²) in [5.41, 5.74) is 0.376. The normalized spacial score (nSPS) is 12.4. The summed E-state index contributed by atoms with van der Waals surface area (Å²) in [5, 5.41) is 0. The van der Waals surface area contributed by atoms with Crippen molar-refractivity contribution in [3.63, 3.8) is 0 Å². The van der Waals surface area contributed by atoms with Gasteiger partial charge in [-0.15, -0.1) is 0 Å². The summed E-state index contributed by atoms with van der Waals surface area (Å²) < 4.78 is 0. The molecule has 0 saturated heterocycles. The zero-order valence-corrected chi connectivity index (χ0v) is 7.98. The summed E-state index contributed by atoms with van der Waals surface area (Å²) in [4.78, 5) is 10.5. The summed E-state index contributed by atoms with van der Waals surface area (Å²) in [5.74, 6) is 0.138. The Balaban J connectivity index is 3.50. The lowest BCUT2D eigenvalue weighted by Crippen LogP contribution is -2.03. The van der Waals surface area contributed by atoms with E-state index in [0.29, 0.717) is 5.41 Å². The number of carbonyl (C=O) groups is 1. The molecule has 1 nitrogen and oxygen atoms in total. The highest BCUT2D eigenvalue weighted by molar-refractivity contribution is 5.87. The van der Waals surface area contributed by atoms with E-state index in [2.05, 4.69) is 20.8 Å². The third-order valence-electron chi connectivity index (χ3n) is 1.41. The molecular formula is C10H18O. The first-order valence-electron chi connectivity index (χ1n) is 4.09. The maximum atomic E-state index is 10.5. The summed E-state index contributed by atoms with van der Waals surface area (Å²) >= 11 is 0. The van der Waals surface area contributed by atoms with Crippen LogP contribution in [0.5, 0.6) is 0 Å². The first-order valence-corrected chi connectivity index (χ1v) is 4.09. The van der Waals surface area contributed by atoms with E-state index >= 15 is 0 Å². The molecule has 0 N–H and O–H groups in total.